The molecule has 2 atom stereocenters. The zero-order valence-corrected chi connectivity index (χ0v) is 13.8. The number of nitrogens with one attached hydrogen (secondary N) is 1. The number of hydrogen-bond acceptors (Lipinski definition) is 3. The number of urea groups is 1. The fourth-order valence-electron chi connectivity index (χ4n) is 2.89. The van der Waals surface area contributed by atoms with Crippen molar-refractivity contribution in [3.63, 3.8) is 0 Å². The molecule has 130 valence electrons. The fraction of sp³-hybridized carbons (Fsp3) is 0.500. The highest BCUT2D eigenvalue weighted by molar-refractivity contribution is 5.90. The highest BCUT2D eigenvalue weighted by atomic mass is 19.1. The summed E-state index contributed by atoms with van der Waals surface area (Å²) in [7, 11) is 1.65. The molecule has 0 bridgehead atoms. The summed E-state index contributed by atoms with van der Waals surface area (Å²) in [6.45, 7) is 0.474. The minimum Gasteiger partial charge on any atom is -0.479 e. The first-order chi connectivity index (χ1) is 11.5. The molecule has 6 heteroatoms. The number of terminal acetylenes is 1. The summed E-state index contributed by atoms with van der Waals surface area (Å²) in [5.41, 5.74) is 0.228. The molecule has 5 nitrogen and oxygen atoms in total. The van der Waals surface area contributed by atoms with Gasteiger partial charge in [-0.15, -0.1) is 6.42 Å². The molecule has 2 rings (SSSR count). The highest BCUT2D eigenvalue weighted by Gasteiger charge is 2.25. The van der Waals surface area contributed by atoms with Crippen LogP contribution in [0.15, 0.2) is 18.2 Å². The minimum absolute atomic E-state index is 0.0264. The number of ether oxygens (including phenoxy) is 1. The number of nitrogens with zero attached hydrogens (tertiary/aromatic N) is 1. The first-order valence-corrected chi connectivity index (χ1v) is 8.07. The molecule has 0 saturated heterocycles. The van der Waals surface area contributed by atoms with Gasteiger partial charge in [0, 0.05) is 25.6 Å². The average molecular weight is 334 g/mol. The molecule has 2 unspecified atom stereocenters. The van der Waals surface area contributed by atoms with Gasteiger partial charge in [0.2, 0.25) is 0 Å². The van der Waals surface area contributed by atoms with Gasteiger partial charge in [-0.1, -0.05) is 18.8 Å². The average Bonchev–Trinajstić information content (AvgIpc) is 2.56. The molecular weight excluding hydrogens is 311 g/mol. The van der Waals surface area contributed by atoms with E-state index in [2.05, 4.69) is 11.2 Å². The van der Waals surface area contributed by atoms with Gasteiger partial charge in [-0.25, -0.2) is 9.18 Å². The third-order valence-electron chi connectivity index (χ3n) is 4.22. The largest absolute Gasteiger partial charge is 0.479 e. The molecule has 1 aliphatic rings. The predicted octanol–water partition coefficient (Wildman–Crippen LogP) is 2.85. The number of anilines is 1. The molecule has 0 aliphatic heterocycles. The van der Waals surface area contributed by atoms with Crippen LogP contribution in [-0.4, -0.2) is 42.3 Å². The lowest BCUT2D eigenvalue weighted by Crippen LogP contribution is -2.40. The van der Waals surface area contributed by atoms with Crippen LogP contribution in [0, 0.1) is 24.1 Å². The van der Waals surface area contributed by atoms with E-state index >= 15 is 0 Å². The first-order valence-electron chi connectivity index (χ1n) is 8.07. The van der Waals surface area contributed by atoms with Gasteiger partial charge in [0.15, 0.2) is 0 Å². The van der Waals surface area contributed by atoms with E-state index in [1.54, 1.807) is 7.05 Å². The molecule has 1 aromatic rings. The van der Waals surface area contributed by atoms with E-state index in [0.717, 1.165) is 25.7 Å². The monoisotopic (exact) mass is 334 g/mol. The van der Waals surface area contributed by atoms with Crippen LogP contribution in [-0.2, 0) is 0 Å². The third kappa shape index (κ3) is 4.87. The Hall–Kier alpha value is -2.26. The topological polar surface area (TPSA) is 61.8 Å². The Kier molecular flexibility index (Phi) is 6.44. The highest BCUT2D eigenvalue weighted by Crippen LogP contribution is 2.27. The number of halogens is 1. The summed E-state index contributed by atoms with van der Waals surface area (Å²) >= 11 is 0. The number of aliphatic hydroxyl groups excluding tert-OH is 1. The maximum Gasteiger partial charge on any atom is 0.321 e. The Balaban J connectivity index is 2.00. The van der Waals surface area contributed by atoms with Crippen LogP contribution >= 0.6 is 0 Å². The summed E-state index contributed by atoms with van der Waals surface area (Å²) in [6, 6.07) is 3.47. The number of carbonyl (C=O) groups excluding carboxylic acids is 1. The predicted molar refractivity (Wildman–Crippen MR) is 90.3 cm³/mol. The molecule has 0 radical (unpaired) electrons. The van der Waals surface area contributed by atoms with Crippen LogP contribution < -0.4 is 10.1 Å². The number of carbonyl (C=O) groups is 1. The molecule has 1 aliphatic carbocycles. The SMILES string of the molecule is C#CCOc1ccc(F)cc1NC(=O)N(C)CC1CCCCC1O. The van der Waals surface area contributed by atoms with E-state index in [1.165, 1.54) is 23.1 Å². The number of amides is 2. The van der Waals surface area contributed by atoms with Crippen LogP contribution in [0.1, 0.15) is 25.7 Å². The number of rotatable bonds is 5. The lowest BCUT2D eigenvalue weighted by Gasteiger charge is -2.31. The van der Waals surface area contributed by atoms with E-state index in [-0.39, 0.29) is 30.3 Å². The normalized spacial score (nSPS) is 20.1. The minimum atomic E-state index is -0.483. The second-order valence-electron chi connectivity index (χ2n) is 6.06. The van der Waals surface area contributed by atoms with Crippen LogP contribution in [0.2, 0.25) is 0 Å². The summed E-state index contributed by atoms with van der Waals surface area (Å²) in [4.78, 5) is 13.8. The Morgan fingerprint density at radius 1 is 1.50 bits per heavy atom. The molecule has 1 saturated carbocycles. The smallest absolute Gasteiger partial charge is 0.321 e. The molecule has 0 aromatic heterocycles. The Labute approximate surface area is 141 Å². The zero-order chi connectivity index (χ0) is 17.5. The quantitative estimate of drug-likeness (QED) is 0.814. The lowest BCUT2D eigenvalue weighted by molar-refractivity contribution is 0.0575. The van der Waals surface area contributed by atoms with Gasteiger partial charge >= 0.3 is 6.03 Å². The Morgan fingerprint density at radius 3 is 2.96 bits per heavy atom. The number of aliphatic hydroxyl groups is 1. The van der Waals surface area contributed by atoms with Crippen molar-refractivity contribution in [2.24, 2.45) is 5.92 Å². The zero-order valence-electron chi connectivity index (χ0n) is 13.8. The molecule has 2 amide bonds. The van der Waals surface area contributed by atoms with Crippen molar-refractivity contribution in [1.82, 2.24) is 4.90 Å². The van der Waals surface area contributed by atoms with Crippen LogP contribution in [0.3, 0.4) is 0 Å². The summed E-state index contributed by atoms with van der Waals surface area (Å²) in [6.07, 6.45) is 8.53. The molecule has 24 heavy (non-hydrogen) atoms. The van der Waals surface area contributed by atoms with Crippen molar-refractivity contribution in [3.05, 3.63) is 24.0 Å². The van der Waals surface area contributed by atoms with Gasteiger partial charge in [-0.3, -0.25) is 0 Å². The van der Waals surface area contributed by atoms with E-state index < -0.39 is 5.82 Å². The maximum atomic E-state index is 13.5. The number of hydrogen-bond donors (Lipinski definition) is 2. The van der Waals surface area contributed by atoms with Crippen molar-refractivity contribution in [3.8, 4) is 18.1 Å². The second-order valence-corrected chi connectivity index (χ2v) is 6.06. The van der Waals surface area contributed by atoms with Crippen molar-refractivity contribution in [1.29, 1.82) is 0 Å². The van der Waals surface area contributed by atoms with Crippen LogP contribution in [0.5, 0.6) is 5.75 Å². The van der Waals surface area contributed by atoms with Gasteiger partial charge in [0.1, 0.15) is 18.2 Å². The molecule has 0 spiro atoms. The van der Waals surface area contributed by atoms with Crippen molar-refractivity contribution < 1.29 is 19.0 Å². The van der Waals surface area contributed by atoms with Gasteiger partial charge in [0.05, 0.1) is 11.8 Å². The molecule has 1 aromatic carbocycles. The van der Waals surface area contributed by atoms with Gasteiger partial charge in [0.25, 0.3) is 0 Å². The second kappa shape index (κ2) is 8.55. The molecule has 2 N–H and O–H groups in total. The standard InChI is InChI=1S/C18H23FN2O3/c1-3-10-24-17-9-8-14(19)11-15(17)20-18(23)21(2)12-13-6-4-5-7-16(13)22/h1,8-9,11,13,16,22H,4-7,10,12H2,2H3,(H,20,23). The Morgan fingerprint density at radius 2 is 2.25 bits per heavy atom. The maximum absolute atomic E-state index is 13.5. The fourth-order valence-corrected chi connectivity index (χ4v) is 2.89. The summed E-state index contributed by atoms with van der Waals surface area (Å²) in [5, 5.41) is 12.7. The van der Waals surface area contributed by atoms with Crippen LogP contribution in [0.4, 0.5) is 14.9 Å². The molecular formula is C18H23FN2O3. The van der Waals surface area contributed by atoms with Gasteiger partial charge in [-0.05, 0) is 25.0 Å². The van der Waals surface area contributed by atoms with Crippen LogP contribution in [0.25, 0.3) is 0 Å². The van der Waals surface area contributed by atoms with Gasteiger partial charge in [-0.2, -0.15) is 0 Å². The van der Waals surface area contributed by atoms with Crippen molar-refractivity contribution in [2.45, 2.75) is 31.8 Å². The number of benzene rings is 1. The van der Waals surface area contributed by atoms with Crippen molar-refractivity contribution >= 4 is 11.7 Å². The Bertz CT molecular complexity index is 615. The first kappa shape index (κ1) is 18.1. The molecule has 1 fully saturated rings. The van der Waals surface area contributed by atoms with E-state index in [1.807, 2.05) is 0 Å². The molecule has 0 heterocycles. The lowest BCUT2D eigenvalue weighted by atomic mass is 9.86. The van der Waals surface area contributed by atoms with E-state index in [9.17, 15) is 14.3 Å². The van der Waals surface area contributed by atoms with Crippen molar-refractivity contribution in [2.75, 3.05) is 25.5 Å². The van der Waals surface area contributed by atoms with E-state index in [0.29, 0.717) is 12.3 Å². The summed E-state index contributed by atoms with van der Waals surface area (Å²) < 4.78 is 18.8. The third-order valence-corrected chi connectivity index (χ3v) is 4.22. The van der Waals surface area contributed by atoms with Gasteiger partial charge < -0.3 is 20.1 Å². The van der Waals surface area contributed by atoms with E-state index in [4.69, 9.17) is 11.2 Å². The summed E-state index contributed by atoms with van der Waals surface area (Å²) in [5.74, 6) is 2.23.